The number of aldehydes is 1. The molecule has 0 aromatic heterocycles. The maximum atomic E-state index is 13.6. The number of carbonyl (C=O) groups excluding carboxylic acids is 1. The molecular formula is C21H29F3O. The Morgan fingerprint density at radius 1 is 1.04 bits per heavy atom. The first kappa shape index (κ1) is 17.6. The highest BCUT2D eigenvalue weighted by Crippen LogP contribution is 2.68. The standard InChI is InChI=1S/C21H29F3O/c1-19-10-9-17-15(16(19)7-8-18(19)21(22,23)24)6-5-14-4-3-13(12-25)11-20(14,17)2/h3,12,14-18H,4-11H2,1-2H3/t14?,15-,16-,17+,18?,19-,20-/m0/s1. The lowest BCUT2D eigenvalue weighted by atomic mass is 9.45. The molecule has 0 amide bonds. The number of carbonyl (C=O) groups is 1. The van der Waals surface area contributed by atoms with E-state index in [-0.39, 0.29) is 11.3 Å². The molecule has 3 fully saturated rings. The van der Waals surface area contributed by atoms with Crippen molar-refractivity contribution < 1.29 is 18.0 Å². The Hall–Kier alpha value is -0.800. The Kier molecular flexibility index (Phi) is 3.94. The smallest absolute Gasteiger partial charge is 0.298 e. The van der Waals surface area contributed by atoms with Crippen LogP contribution in [0.3, 0.4) is 0 Å². The van der Waals surface area contributed by atoms with E-state index < -0.39 is 17.5 Å². The fourth-order valence-electron chi connectivity index (χ4n) is 7.63. The van der Waals surface area contributed by atoms with Gasteiger partial charge in [-0.2, -0.15) is 13.2 Å². The number of fused-ring (bicyclic) bond motifs is 5. The van der Waals surface area contributed by atoms with Gasteiger partial charge < -0.3 is 0 Å². The lowest BCUT2D eigenvalue weighted by Crippen LogP contribution is -2.53. The summed E-state index contributed by atoms with van der Waals surface area (Å²) in [6.45, 7) is 4.24. The van der Waals surface area contributed by atoms with Crippen LogP contribution in [0.4, 0.5) is 13.2 Å². The van der Waals surface area contributed by atoms with Gasteiger partial charge in [0.15, 0.2) is 0 Å². The Labute approximate surface area is 148 Å². The summed E-state index contributed by atoms with van der Waals surface area (Å²) in [5.41, 5.74) is 0.443. The normalized spacial score (nSPS) is 49.6. The van der Waals surface area contributed by atoms with E-state index in [1.165, 1.54) is 0 Å². The average molecular weight is 354 g/mol. The lowest BCUT2D eigenvalue weighted by Gasteiger charge is -2.60. The van der Waals surface area contributed by atoms with Crippen LogP contribution in [-0.4, -0.2) is 12.5 Å². The third-order valence-corrected chi connectivity index (χ3v) is 8.86. The van der Waals surface area contributed by atoms with Crippen molar-refractivity contribution in [2.24, 2.45) is 40.4 Å². The van der Waals surface area contributed by atoms with Crippen molar-refractivity contribution in [2.45, 2.75) is 71.4 Å². The Morgan fingerprint density at radius 2 is 1.76 bits per heavy atom. The van der Waals surface area contributed by atoms with Crippen molar-refractivity contribution in [2.75, 3.05) is 0 Å². The minimum Gasteiger partial charge on any atom is -0.298 e. The molecule has 0 radical (unpaired) electrons. The van der Waals surface area contributed by atoms with Gasteiger partial charge in [0.05, 0.1) is 5.92 Å². The molecule has 0 N–H and O–H groups in total. The van der Waals surface area contributed by atoms with E-state index in [1.807, 2.05) is 6.92 Å². The molecule has 0 heterocycles. The fourth-order valence-corrected chi connectivity index (χ4v) is 7.63. The van der Waals surface area contributed by atoms with Crippen LogP contribution in [0.1, 0.15) is 65.2 Å². The molecule has 0 aromatic rings. The van der Waals surface area contributed by atoms with Gasteiger partial charge in [0.25, 0.3) is 0 Å². The van der Waals surface area contributed by atoms with Gasteiger partial charge in [-0.15, -0.1) is 0 Å². The summed E-state index contributed by atoms with van der Waals surface area (Å²) < 4.78 is 40.8. The van der Waals surface area contributed by atoms with E-state index in [4.69, 9.17) is 0 Å². The molecule has 2 unspecified atom stereocenters. The monoisotopic (exact) mass is 354 g/mol. The zero-order chi connectivity index (χ0) is 18.0. The summed E-state index contributed by atoms with van der Waals surface area (Å²) in [5.74, 6) is 0.592. The minimum absolute atomic E-state index is 0.103. The molecular weight excluding hydrogens is 325 g/mol. The van der Waals surface area contributed by atoms with E-state index in [9.17, 15) is 18.0 Å². The number of halogens is 3. The van der Waals surface area contributed by atoms with Crippen molar-refractivity contribution >= 4 is 6.29 Å². The molecule has 0 spiro atoms. The first-order valence-electron chi connectivity index (χ1n) is 9.91. The Bertz CT molecular complexity index is 594. The van der Waals surface area contributed by atoms with Crippen LogP contribution in [0.2, 0.25) is 0 Å². The summed E-state index contributed by atoms with van der Waals surface area (Å²) in [6.07, 6.45) is 5.69. The van der Waals surface area contributed by atoms with Crippen LogP contribution in [0.25, 0.3) is 0 Å². The first-order valence-corrected chi connectivity index (χ1v) is 9.91. The number of allylic oxidation sites excluding steroid dienone is 2. The van der Waals surface area contributed by atoms with Crippen LogP contribution in [0.15, 0.2) is 11.6 Å². The van der Waals surface area contributed by atoms with E-state index in [2.05, 4.69) is 13.0 Å². The van der Waals surface area contributed by atoms with Crippen molar-refractivity contribution in [1.29, 1.82) is 0 Å². The molecule has 0 aliphatic heterocycles. The third-order valence-electron chi connectivity index (χ3n) is 8.86. The quantitative estimate of drug-likeness (QED) is 0.532. The molecule has 3 saturated carbocycles. The zero-order valence-electron chi connectivity index (χ0n) is 15.2. The Morgan fingerprint density at radius 3 is 2.44 bits per heavy atom. The van der Waals surface area contributed by atoms with Crippen molar-refractivity contribution in [1.82, 2.24) is 0 Å². The number of hydrogen-bond acceptors (Lipinski definition) is 1. The maximum Gasteiger partial charge on any atom is 0.392 e. The molecule has 140 valence electrons. The highest BCUT2D eigenvalue weighted by Gasteiger charge is 2.64. The van der Waals surface area contributed by atoms with Crippen LogP contribution >= 0.6 is 0 Å². The predicted octanol–water partition coefficient (Wildman–Crippen LogP) is 5.94. The second-order valence-electron chi connectivity index (χ2n) is 9.68. The number of alkyl halides is 3. The average Bonchev–Trinajstić information content (AvgIpc) is 2.91. The van der Waals surface area contributed by atoms with Gasteiger partial charge >= 0.3 is 6.18 Å². The van der Waals surface area contributed by atoms with Crippen LogP contribution < -0.4 is 0 Å². The Balaban J connectivity index is 1.64. The maximum absolute atomic E-state index is 13.6. The second-order valence-corrected chi connectivity index (χ2v) is 9.68. The number of rotatable bonds is 1. The molecule has 4 aliphatic carbocycles. The SMILES string of the molecule is C[C@]12CC(C=O)=CCC1CC[C@@H]1[C@H]2CC[C@]2(C)C(C(F)(F)F)CC[C@@H]12. The summed E-state index contributed by atoms with van der Waals surface area (Å²) >= 11 is 0. The van der Waals surface area contributed by atoms with Crippen molar-refractivity contribution in [3.05, 3.63) is 11.6 Å². The topological polar surface area (TPSA) is 17.1 Å². The van der Waals surface area contributed by atoms with E-state index in [0.29, 0.717) is 30.6 Å². The van der Waals surface area contributed by atoms with Gasteiger partial charge in [-0.25, -0.2) is 0 Å². The van der Waals surface area contributed by atoms with Gasteiger partial charge in [0.1, 0.15) is 6.29 Å². The van der Waals surface area contributed by atoms with Gasteiger partial charge in [-0.1, -0.05) is 19.9 Å². The van der Waals surface area contributed by atoms with E-state index >= 15 is 0 Å². The molecule has 1 nitrogen and oxygen atoms in total. The van der Waals surface area contributed by atoms with Crippen LogP contribution in [-0.2, 0) is 4.79 Å². The third kappa shape index (κ3) is 2.45. The summed E-state index contributed by atoms with van der Waals surface area (Å²) in [7, 11) is 0. The highest BCUT2D eigenvalue weighted by atomic mass is 19.4. The van der Waals surface area contributed by atoms with Crippen LogP contribution in [0.5, 0.6) is 0 Å². The molecule has 0 bridgehead atoms. The molecule has 0 saturated heterocycles. The first-order chi connectivity index (χ1) is 11.7. The molecule has 25 heavy (non-hydrogen) atoms. The fraction of sp³-hybridized carbons (Fsp3) is 0.857. The zero-order valence-corrected chi connectivity index (χ0v) is 15.2. The summed E-state index contributed by atoms with van der Waals surface area (Å²) in [6, 6.07) is 0. The van der Waals surface area contributed by atoms with Crippen molar-refractivity contribution in [3.8, 4) is 0 Å². The van der Waals surface area contributed by atoms with Gasteiger partial charge in [-0.05, 0) is 91.4 Å². The summed E-state index contributed by atoms with van der Waals surface area (Å²) in [4.78, 5) is 11.3. The lowest BCUT2D eigenvalue weighted by molar-refractivity contribution is -0.215. The molecule has 0 aromatic carbocycles. The molecule has 4 rings (SSSR count). The number of hydrogen-bond donors (Lipinski definition) is 0. The summed E-state index contributed by atoms with van der Waals surface area (Å²) in [5, 5.41) is 0. The minimum atomic E-state index is -4.06. The van der Waals surface area contributed by atoms with E-state index in [1.54, 1.807) is 0 Å². The predicted molar refractivity (Wildman–Crippen MR) is 90.8 cm³/mol. The largest absolute Gasteiger partial charge is 0.392 e. The molecule has 7 atom stereocenters. The molecule has 4 aliphatic rings. The van der Waals surface area contributed by atoms with Crippen LogP contribution in [0, 0.1) is 40.4 Å². The molecule has 4 heteroatoms. The second kappa shape index (κ2) is 5.60. The van der Waals surface area contributed by atoms with Crippen molar-refractivity contribution in [3.63, 3.8) is 0 Å². The van der Waals surface area contributed by atoms with Gasteiger partial charge in [-0.3, -0.25) is 4.79 Å². The highest BCUT2D eigenvalue weighted by molar-refractivity contribution is 5.73. The van der Waals surface area contributed by atoms with Gasteiger partial charge in [0, 0.05) is 0 Å². The van der Waals surface area contributed by atoms with E-state index in [0.717, 1.165) is 50.4 Å². The van der Waals surface area contributed by atoms with Gasteiger partial charge in [0.2, 0.25) is 0 Å².